The van der Waals surface area contributed by atoms with E-state index in [1.165, 1.54) is 0 Å². The lowest BCUT2D eigenvalue weighted by atomic mass is 10.2. The average Bonchev–Trinajstić information content (AvgIpc) is 2.45. The molecule has 0 aliphatic heterocycles. The van der Waals surface area contributed by atoms with Gasteiger partial charge in [0.25, 0.3) is 0 Å². The average molecular weight is 314 g/mol. The molecule has 0 aliphatic rings. The molecule has 1 aromatic rings. The zero-order valence-corrected chi connectivity index (χ0v) is 11.7. The van der Waals surface area contributed by atoms with Gasteiger partial charge in [-0.2, -0.15) is 0 Å². The second-order valence-electron chi connectivity index (χ2n) is 3.58. The molecule has 21 heavy (non-hydrogen) atoms. The van der Waals surface area contributed by atoms with Gasteiger partial charge in [0.05, 0.1) is 5.56 Å². The highest BCUT2D eigenvalue weighted by Crippen LogP contribution is 2.21. The Morgan fingerprint density at radius 3 is 1.48 bits per heavy atom. The molecule has 0 N–H and O–H groups in total. The van der Waals surface area contributed by atoms with Crippen LogP contribution in [-0.2, 0) is 9.47 Å². The highest BCUT2D eigenvalue weighted by molar-refractivity contribution is 5.75. The first kappa shape index (κ1) is 19.5. The summed E-state index contributed by atoms with van der Waals surface area (Å²) in [4.78, 5) is 9.93. The summed E-state index contributed by atoms with van der Waals surface area (Å²) in [5.74, 6) is -10.8. The van der Waals surface area contributed by atoms with E-state index in [-0.39, 0.29) is 6.29 Å². The lowest BCUT2D eigenvalue weighted by Gasteiger charge is -2.09. The molecule has 0 aliphatic carbocycles. The second kappa shape index (κ2) is 9.41. The number of ether oxygens (including phenoxy) is 2. The van der Waals surface area contributed by atoms with Crippen molar-refractivity contribution in [3.63, 3.8) is 0 Å². The van der Waals surface area contributed by atoms with Gasteiger partial charge in [-0.05, 0) is 20.8 Å². The Kier molecular flexibility index (Phi) is 8.72. The standard InChI is InChI=1S/C7HF5O.C6H14O2/c8-3-2(1-13)4(9)6(11)7(12)5(3)10;1-4-7-6(3)8-5-2/h1H;6H,4-5H2,1-3H3. The Bertz CT molecular complexity index is 444. The number of rotatable bonds is 5. The van der Waals surface area contributed by atoms with E-state index in [2.05, 4.69) is 0 Å². The van der Waals surface area contributed by atoms with Crippen molar-refractivity contribution in [2.75, 3.05) is 13.2 Å². The quantitative estimate of drug-likeness (QED) is 0.274. The van der Waals surface area contributed by atoms with Gasteiger partial charge in [0.1, 0.15) is 0 Å². The van der Waals surface area contributed by atoms with Gasteiger partial charge >= 0.3 is 0 Å². The van der Waals surface area contributed by atoms with Crippen molar-refractivity contribution in [1.29, 1.82) is 0 Å². The van der Waals surface area contributed by atoms with E-state index in [1.807, 2.05) is 20.8 Å². The molecule has 0 fully saturated rings. The first-order valence-electron chi connectivity index (χ1n) is 6.01. The molecule has 0 spiro atoms. The molecular formula is C13H15F5O3. The minimum absolute atomic E-state index is 0.0370. The Morgan fingerprint density at radius 2 is 1.19 bits per heavy atom. The van der Waals surface area contributed by atoms with Crippen molar-refractivity contribution in [2.45, 2.75) is 27.1 Å². The molecular weight excluding hydrogens is 299 g/mol. The maximum absolute atomic E-state index is 12.5. The molecule has 0 atom stereocenters. The van der Waals surface area contributed by atoms with E-state index in [4.69, 9.17) is 9.47 Å². The summed E-state index contributed by atoms with van der Waals surface area (Å²) in [6.07, 6.45) is -0.471. The Balaban J connectivity index is 0.000000433. The van der Waals surface area contributed by atoms with Crippen LogP contribution in [-0.4, -0.2) is 25.8 Å². The molecule has 0 amide bonds. The van der Waals surface area contributed by atoms with E-state index in [0.29, 0.717) is 0 Å². The third-order valence-corrected chi connectivity index (χ3v) is 2.16. The third-order valence-electron chi connectivity index (χ3n) is 2.16. The minimum Gasteiger partial charge on any atom is -0.353 e. The van der Waals surface area contributed by atoms with Gasteiger partial charge < -0.3 is 9.47 Å². The smallest absolute Gasteiger partial charge is 0.200 e. The summed E-state index contributed by atoms with van der Waals surface area (Å²) in [6, 6.07) is 0. The SMILES string of the molecule is CCOC(C)OCC.O=Cc1c(F)c(F)c(F)c(F)c1F. The van der Waals surface area contributed by atoms with Crippen molar-refractivity contribution in [2.24, 2.45) is 0 Å². The van der Waals surface area contributed by atoms with Crippen molar-refractivity contribution in [3.8, 4) is 0 Å². The molecule has 0 unspecified atom stereocenters. The Hall–Kier alpha value is -1.54. The van der Waals surface area contributed by atoms with Crippen LogP contribution < -0.4 is 0 Å². The monoisotopic (exact) mass is 314 g/mol. The molecule has 1 aromatic carbocycles. The van der Waals surface area contributed by atoms with Gasteiger partial charge in [-0.1, -0.05) is 0 Å². The molecule has 0 saturated carbocycles. The molecule has 0 bridgehead atoms. The lowest BCUT2D eigenvalue weighted by molar-refractivity contribution is -0.123. The second-order valence-corrected chi connectivity index (χ2v) is 3.58. The van der Waals surface area contributed by atoms with Gasteiger partial charge in [-0.3, -0.25) is 4.79 Å². The van der Waals surface area contributed by atoms with Crippen molar-refractivity contribution in [1.82, 2.24) is 0 Å². The number of carbonyl (C=O) groups is 1. The molecule has 0 aromatic heterocycles. The molecule has 0 saturated heterocycles. The number of hydrogen-bond donors (Lipinski definition) is 0. The topological polar surface area (TPSA) is 35.5 Å². The fraction of sp³-hybridized carbons (Fsp3) is 0.462. The number of carbonyl (C=O) groups excluding carboxylic acids is 1. The highest BCUT2D eigenvalue weighted by atomic mass is 19.2. The Morgan fingerprint density at radius 1 is 0.857 bits per heavy atom. The van der Waals surface area contributed by atoms with Gasteiger partial charge in [0, 0.05) is 13.2 Å². The normalized spacial score (nSPS) is 10.3. The van der Waals surface area contributed by atoms with Crippen molar-refractivity contribution < 1.29 is 36.2 Å². The van der Waals surface area contributed by atoms with Crippen LogP contribution in [0.1, 0.15) is 31.1 Å². The van der Waals surface area contributed by atoms with Crippen LogP contribution in [0.5, 0.6) is 0 Å². The van der Waals surface area contributed by atoms with Gasteiger partial charge in [0.15, 0.2) is 35.8 Å². The molecule has 0 heterocycles. The molecule has 1 rings (SSSR count). The lowest BCUT2D eigenvalue weighted by Crippen LogP contribution is -2.11. The number of hydrogen-bond acceptors (Lipinski definition) is 3. The number of halogens is 5. The fourth-order valence-corrected chi connectivity index (χ4v) is 1.24. The molecule has 3 nitrogen and oxygen atoms in total. The Labute approximate surface area is 118 Å². The summed E-state index contributed by atoms with van der Waals surface area (Å²) in [7, 11) is 0. The summed E-state index contributed by atoms with van der Waals surface area (Å²) in [5, 5.41) is 0. The van der Waals surface area contributed by atoms with Crippen LogP contribution in [0, 0.1) is 29.1 Å². The van der Waals surface area contributed by atoms with Crippen LogP contribution in [0.25, 0.3) is 0 Å². The van der Waals surface area contributed by atoms with Crippen LogP contribution in [0.4, 0.5) is 22.0 Å². The minimum atomic E-state index is -2.28. The summed E-state index contributed by atoms with van der Waals surface area (Å²) < 4.78 is 71.9. The molecule has 8 heteroatoms. The summed E-state index contributed by atoms with van der Waals surface area (Å²) in [5.41, 5.74) is -1.46. The van der Waals surface area contributed by atoms with E-state index in [1.54, 1.807) is 0 Å². The first-order chi connectivity index (χ1) is 9.81. The predicted octanol–water partition coefficient (Wildman–Crippen LogP) is 3.60. The van der Waals surface area contributed by atoms with Crippen LogP contribution in [0.15, 0.2) is 0 Å². The summed E-state index contributed by atoms with van der Waals surface area (Å²) >= 11 is 0. The summed E-state index contributed by atoms with van der Waals surface area (Å²) in [6.45, 7) is 7.25. The predicted molar refractivity (Wildman–Crippen MR) is 64.3 cm³/mol. The van der Waals surface area contributed by atoms with Crippen LogP contribution >= 0.6 is 0 Å². The van der Waals surface area contributed by atoms with Crippen LogP contribution in [0.2, 0.25) is 0 Å². The molecule has 0 radical (unpaired) electrons. The number of aldehydes is 1. The van der Waals surface area contributed by atoms with Crippen molar-refractivity contribution >= 4 is 6.29 Å². The number of benzene rings is 1. The van der Waals surface area contributed by atoms with E-state index >= 15 is 0 Å². The van der Waals surface area contributed by atoms with Gasteiger partial charge in [-0.25, -0.2) is 22.0 Å². The van der Waals surface area contributed by atoms with E-state index in [0.717, 1.165) is 13.2 Å². The maximum atomic E-state index is 12.5. The zero-order chi connectivity index (χ0) is 16.6. The van der Waals surface area contributed by atoms with Crippen molar-refractivity contribution in [3.05, 3.63) is 34.6 Å². The van der Waals surface area contributed by atoms with E-state index < -0.39 is 40.9 Å². The maximum Gasteiger partial charge on any atom is 0.200 e. The van der Waals surface area contributed by atoms with Crippen LogP contribution in [0.3, 0.4) is 0 Å². The van der Waals surface area contributed by atoms with Gasteiger partial charge in [0.2, 0.25) is 5.82 Å². The fourth-order valence-electron chi connectivity index (χ4n) is 1.24. The highest BCUT2D eigenvalue weighted by Gasteiger charge is 2.24. The third kappa shape index (κ3) is 5.39. The molecule has 120 valence electrons. The zero-order valence-electron chi connectivity index (χ0n) is 11.7. The first-order valence-corrected chi connectivity index (χ1v) is 6.01. The van der Waals surface area contributed by atoms with Gasteiger partial charge in [-0.15, -0.1) is 0 Å². The van der Waals surface area contributed by atoms with E-state index in [9.17, 15) is 26.7 Å². The largest absolute Gasteiger partial charge is 0.353 e.